The van der Waals surface area contributed by atoms with Crippen molar-refractivity contribution in [3.8, 4) is 0 Å². The van der Waals surface area contributed by atoms with E-state index < -0.39 is 0 Å². The summed E-state index contributed by atoms with van der Waals surface area (Å²) in [6.07, 6.45) is 7.56. The number of hydrogen-bond donors (Lipinski definition) is 0. The predicted octanol–water partition coefficient (Wildman–Crippen LogP) is 2.32. The second kappa shape index (κ2) is 2.57. The molecule has 0 atom stereocenters. The van der Waals surface area contributed by atoms with Crippen LogP contribution in [0.1, 0.15) is 33.1 Å². The van der Waals surface area contributed by atoms with Crippen molar-refractivity contribution < 1.29 is 4.79 Å². The number of carbonyl (C=O) groups is 1. The van der Waals surface area contributed by atoms with Crippen LogP contribution in [0.25, 0.3) is 0 Å². The number of ketones is 1. The first kappa shape index (κ1) is 7.52. The van der Waals surface area contributed by atoms with Crippen molar-refractivity contribution in [1.82, 2.24) is 0 Å². The zero-order valence-electron chi connectivity index (χ0n) is 6.68. The summed E-state index contributed by atoms with van der Waals surface area (Å²) in [5.41, 5.74) is 0.353. The molecule has 0 saturated heterocycles. The van der Waals surface area contributed by atoms with Crippen molar-refractivity contribution in [2.75, 3.05) is 0 Å². The van der Waals surface area contributed by atoms with Gasteiger partial charge in [0.05, 0.1) is 0 Å². The summed E-state index contributed by atoms with van der Waals surface area (Å²) in [5.74, 6) is 0.160. The van der Waals surface area contributed by atoms with E-state index in [1.165, 1.54) is 19.3 Å². The Morgan fingerprint density at radius 2 is 2.10 bits per heavy atom. The first-order valence-corrected chi connectivity index (χ1v) is 3.82. The van der Waals surface area contributed by atoms with Crippen LogP contribution in [-0.4, -0.2) is 5.78 Å². The fourth-order valence-corrected chi connectivity index (χ4v) is 1.22. The molecule has 1 rings (SSSR count). The first-order valence-electron chi connectivity index (χ1n) is 3.82. The molecule has 0 radical (unpaired) electrons. The number of carbonyl (C=O) groups excluding carboxylic acids is 1. The summed E-state index contributed by atoms with van der Waals surface area (Å²) in [7, 11) is 0. The monoisotopic (exact) mass is 138 g/mol. The van der Waals surface area contributed by atoms with E-state index in [1.807, 2.05) is 0 Å². The van der Waals surface area contributed by atoms with E-state index in [9.17, 15) is 4.79 Å². The largest absolute Gasteiger partial charge is 0.295 e. The van der Waals surface area contributed by atoms with Gasteiger partial charge in [0.2, 0.25) is 0 Å². The van der Waals surface area contributed by atoms with E-state index in [2.05, 4.69) is 13.0 Å². The summed E-state index contributed by atoms with van der Waals surface area (Å²) in [4.78, 5) is 10.5. The molecule has 0 spiro atoms. The molecule has 0 amide bonds. The molecule has 10 heavy (non-hydrogen) atoms. The molecule has 0 aliphatic heterocycles. The Hall–Kier alpha value is -0.590. The lowest BCUT2D eigenvalue weighted by molar-refractivity contribution is -0.112. The van der Waals surface area contributed by atoms with Gasteiger partial charge < -0.3 is 0 Å². The maximum Gasteiger partial charge on any atom is 0.152 e. The van der Waals surface area contributed by atoms with Gasteiger partial charge in [-0.2, -0.15) is 0 Å². The lowest BCUT2D eigenvalue weighted by Crippen LogP contribution is -2.22. The summed E-state index contributed by atoms with van der Waals surface area (Å²) in [5, 5.41) is 0. The quantitative estimate of drug-likeness (QED) is 0.535. The average molecular weight is 138 g/mol. The highest BCUT2D eigenvalue weighted by molar-refractivity contribution is 5.87. The van der Waals surface area contributed by atoms with E-state index in [-0.39, 0.29) is 5.78 Å². The lowest BCUT2D eigenvalue weighted by atomic mass is 9.70. The van der Waals surface area contributed by atoms with Crippen LogP contribution in [-0.2, 0) is 4.79 Å². The Morgan fingerprint density at radius 3 is 2.40 bits per heavy atom. The Labute approximate surface area is 62.1 Å². The molecular weight excluding hydrogens is 124 g/mol. The minimum Gasteiger partial charge on any atom is -0.295 e. The van der Waals surface area contributed by atoms with Gasteiger partial charge in [-0.15, -0.1) is 0 Å². The van der Waals surface area contributed by atoms with Crippen molar-refractivity contribution in [3.05, 3.63) is 12.2 Å². The molecule has 1 heteroatoms. The molecule has 1 aliphatic carbocycles. The van der Waals surface area contributed by atoms with Crippen LogP contribution in [0.5, 0.6) is 0 Å². The van der Waals surface area contributed by atoms with Gasteiger partial charge in [-0.25, -0.2) is 0 Å². The fourth-order valence-electron chi connectivity index (χ4n) is 1.22. The molecule has 1 nitrogen and oxygen atoms in total. The van der Waals surface area contributed by atoms with Crippen LogP contribution in [0, 0.1) is 5.41 Å². The molecule has 0 aromatic carbocycles. The zero-order valence-corrected chi connectivity index (χ0v) is 6.68. The van der Waals surface area contributed by atoms with Gasteiger partial charge in [0.25, 0.3) is 0 Å². The van der Waals surface area contributed by atoms with Crippen molar-refractivity contribution in [3.63, 3.8) is 0 Å². The zero-order chi connectivity index (χ0) is 7.61. The van der Waals surface area contributed by atoms with Crippen LogP contribution in [0.2, 0.25) is 0 Å². The third kappa shape index (κ3) is 1.69. The van der Waals surface area contributed by atoms with E-state index in [0.717, 1.165) is 0 Å². The Balaban J connectivity index is 2.43. The molecule has 0 unspecified atom stereocenters. The predicted molar refractivity (Wildman–Crippen MR) is 41.8 cm³/mol. The van der Waals surface area contributed by atoms with Crippen LogP contribution in [0.15, 0.2) is 12.2 Å². The molecule has 56 valence electrons. The van der Waals surface area contributed by atoms with Crippen LogP contribution in [0.4, 0.5) is 0 Å². The number of allylic oxidation sites excluding steroid dienone is 2. The fraction of sp³-hybridized carbons (Fsp3) is 0.667. The van der Waals surface area contributed by atoms with Gasteiger partial charge in [0.1, 0.15) is 0 Å². The Kier molecular flexibility index (Phi) is 1.93. The molecule has 1 saturated carbocycles. The van der Waals surface area contributed by atoms with Crippen LogP contribution in [0.3, 0.4) is 0 Å². The molecule has 0 N–H and O–H groups in total. The van der Waals surface area contributed by atoms with E-state index in [4.69, 9.17) is 0 Å². The second-order valence-electron chi connectivity index (χ2n) is 3.45. The van der Waals surface area contributed by atoms with Gasteiger partial charge in [-0.05, 0) is 31.3 Å². The van der Waals surface area contributed by atoms with Gasteiger partial charge in [0.15, 0.2) is 5.78 Å². The van der Waals surface area contributed by atoms with Gasteiger partial charge >= 0.3 is 0 Å². The highest BCUT2D eigenvalue weighted by Gasteiger charge is 2.28. The summed E-state index contributed by atoms with van der Waals surface area (Å²) >= 11 is 0. The molecular formula is C9H14O. The van der Waals surface area contributed by atoms with E-state index in [1.54, 1.807) is 13.0 Å². The van der Waals surface area contributed by atoms with Crippen LogP contribution >= 0.6 is 0 Å². The molecule has 1 aliphatic rings. The van der Waals surface area contributed by atoms with Crippen molar-refractivity contribution >= 4 is 5.78 Å². The summed E-state index contributed by atoms with van der Waals surface area (Å²) in [6, 6.07) is 0. The highest BCUT2D eigenvalue weighted by atomic mass is 16.1. The second-order valence-corrected chi connectivity index (χ2v) is 3.45. The Bertz CT molecular complexity index is 164. The van der Waals surface area contributed by atoms with E-state index in [0.29, 0.717) is 5.41 Å². The highest BCUT2D eigenvalue weighted by Crippen LogP contribution is 2.41. The Morgan fingerprint density at radius 1 is 1.50 bits per heavy atom. The average Bonchev–Trinajstić information content (AvgIpc) is 1.79. The SMILES string of the molecule is CC(=O)C=CC1(C)CCC1. The molecule has 0 heterocycles. The maximum atomic E-state index is 10.5. The van der Waals surface area contributed by atoms with Gasteiger partial charge in [0, 0.05) is 0 Å². The summed E-state index contributed by atoms with van der Waals surface area (Å²) < 4.78 is 0. The third-order valence-corrected chi connectivity index (χ3v) is 2.22. The van der Waals surface area contributed by atoms with Crippen molar-refractivity contribution in [1.29, 1.82) is 0 Å². The maximum absolute atomic E-state index is 10.5. The number of rotatable bonds is 2. The topological polar surface area (TPSA) is 17.1 Å². The van der Waals surface area contributed by atoms with E-state index >= 15 is 0 Å². The lowest BCUT2D eigenvalue weighted by Gasteiger charge is -2.35. The normalized spacial score (nSPS) is 22.6. The minimum atomic E-state index is 0.160. The third-order valence-electron chi connectivity index (χ3n) is 2.22. The minimum absolute atomic E-state index is 0.160. The first-order chi connectivity index (χ1) is 4.62. The molecule has 1 fully saturated rings. The van der Waals surface area contributed by atoms with Crippen molar-refractivity contribution in [2.24, 2.45) is 5.41 Å². The number of hydrogen-bond acceptors (Lipinski definition) is 1. The van der Waals surface area contributed by atoms with Gasteiger partial charge in [-0.3, -0.25) is 4.79 Å². The van der Waals surface area contributed by atoms with Gasteiger partial charge in [-0.1, -0.05) is 19.4 Å². The molecule has 0 aromatic heterocycles. The molecule has 0 aromatic rings. The van der Waals surface area contributed by atoms with Crippen LogP contribution < -0.4 is 0 Å². The summed E-state index contributed by atoms with van der Waals surface area (Å²) in [6.45, 7) is 3.80. The standard InChI is InChI=1S/C9H14O/c1-8(10)4-7-9(2)5-3-6-9/h4,7H,3,5-6H2,1-2H3. The smallest absolute Gasteiger partial charge is 0.152 e. The molecule has 0 bridgehead atoms. The van der Waals surface area contributed by atoms with Crippen molar-refractivity contribution in [2.45, 2.75) is 33.1 Å².